The maximum Gasteiger partial charge on any atom is 0.452 e. The summed E-state index contributed by atoms with van der Waals surface area (Å²) in [5, 5.41) is 12.9. The fourth-order valence-electron chi connectivity index (χ4n) is 0.124. The third-order valence-electron chi connectivity index (χ3n) is 0.392. The van der Waals surface area contributed by atoms with Crippen LogP contribution in [0.3, 0.4) is 0 Å². The van der Waals surface area contributed by atoms with Gasteiger partial charge in [-0.1, -0.05) is 10.2 Å². The number of azo groups is 1. The largest absolute Gasteiger partial charge is 0.462 e. The van der Waals surface area contributed by atoms with Crippen molar-refractivity contribution in [2.75, 3.05) is 7.11 Å². The summed E-state index contributed by atoms with van der Waals surface area (Å²) in [7, 11) is 1.07. The minimum atomic E-state index is -1.53. The van der Waals surface area contributed by atoms with Gasteiger partial charge in [0.15, 0.2) is 0 Å². The van der Waals surface area contributed by atoms with E-state index in [9.17, 15) is 9.59 Å². The number of methoxy groups -OCH3 is 1. The number of amides is 2. The standard InChI is InChI=1S/C3H4N2O4/c1-9-3(8)5-4-2(6)7/h1H3,(H,6,7). The summed E-state index contributed by atoms with van der Waals surface area (Å²) in [6.45, 7) is 0. The molecule has 0 saturated heterocycles. The van der Waals surface area contributed by atoms with Gasteiger partial charge in [-0.05, 0) is 0 Å². The van der Waals surface area contributed by atoms with Crippen LogP contribution < -0.4 is 0 Å². The average molecular weight is 132 g/mol. The zero-order chi connectivity index (χ0) is 7.28. The second kappa shape index (κ2) is 3.53. The third-order valence-corrected chi connectivity index (χ3v) is 0.392. The number of nitrogens with zero attached hydrogens (tertiary/aromatic N) is 2. The van der Waals surface area contributed by atoms with Crippen LogP contribution in [0.25, 0.3) is 0 Å². The first kappa shape index (κ1) is 7.54. The van der Waals surface area contributed by atoms with Crippen molar-refractivity contribution in [3.05, 3.63) is 0 Å². The molecule has 9 heavy (non-hydrogen) atoms. The zero-order valence-electron chi connectivity index (χ0n) is 4.57. The van der Waals surface area contributed by atoms with E-state index in [1.54, 1.807) is 0 Å². The summed E-state index contributed by atoms with van der Waals surface area (Å²) < 4.78 is 3.94. The molecule has 0 rings (SSSR count). The first-order valence-corrected chi connectivity index (χ1v) is 1.89. The molecule has 0 aromatic rings. The van der Waals surface area contributed by atoms with Crippen LogP contribution in [0.5, 0.6) is 0 Å². The molecular weight excluding hydrogens is 128 g/mol. The quantitative estimate of drug-likeness (QED) is 0.495. The SMILES string of the molecule is COC(=O)N=NC(=O)O. The molecule has 0 atom stereocenters. The molecule has 50 valence electrons. The molecule has 0 aliphatic carbocycles. The minimum Gasteiger partial charge on any atom is -0.462 e. The molecule has 0 fully saturated rings. The molecular formula is C3H4N2O4. The highest BCUT2D eigenvalue weighted by Crippen LogP contribution is 1.81. The predicted molar refractivity (Wildman–Crippen MR) is 25.3 cm³/mol. The minimum absolute atomic E-state index is 1.03. The van der Waals surface area contributed by atoms with Crippen molar-refractivity contribution in [3.63, 3.8) is 0 Å². The van der Waals surface area contributed by atoms with E-state index in [1.807, 2.05) is 0 Å². The molecule has 0 heterocycles. The van der Waals surface area contributed by atoms with Crippen molar-refractivity contribution in [2.24, 2.45) is 10.2 Å². The highest BCUT2D eigenvalue weighted by Gasteiger charge is 1.94. The second-order valence-corrected chi connectivity index (χ2v) is 0.953. The highest BCUT2D eigenvalue weighted by atomic mass is 16.5. The Morgan fingerprint density at radius 1 is 1.44 bits per heavy atom. The van der Waals surface area contributed by atoms with Crippen LogP contribution >= 0.6 is 0 Å². The summed E-state index contributed by atoms with van der Waals surface area (Å²) in [5.74, 6) is 0. The predicted octanol–water partition coefficient (Wildman–Crippen LogP) is 0.883. The molecule has 0 aromatic heterocycles. The lowest BCUT2D eigenvalue weighted by Crippen LogP contribution is -1.92. The Hall–Kier alpha value is -1.46. The Morgan fingerprint density at radius 3 is 2.33 bits per heavy atom. The van der Waals surface area contributed by atoms with E-state index < -0.39 is 12.2 Å². The van der Waals surface area contributed by atoms with Gasteiger partial charge < -0.3 is 9.84 Å². The Bertz CT molecular complexity index is 152. The molecule has 6 nitrogen and oxygen atoms in total. The molecule has 0 aliphatic rings. The summed E-state index contributed by atoms with van der Waals surface area (Å²) in [5.41, 5.74) is 0. The maximum absolute atomic E-state index is 9.97. The molecule has 0 spiro atoms. The fourth-order valence-corrected chi connectivity index (χ4v) is 0.124. The monoisotopic (exact) mass is 132 g/mol. The normalized spacial score (nSPS) is 9.44. The van der Waals surface area contributed by atoms with Crippen LogP contribution in [0.2, 0.25) is 0 Å². The lowest BCUT2D eigenvalue weighted by Gasteiger charge is -1.83. The Kier molecular flexibility index (Phi) is 2.96. The van der Waals surface area contributed by atoms with Crippen LogP contribution in [0.4, 0.5) is 9.59 Å². The number of hydrogen-bond acceptors (Lipinski definition) is 3. The lowest BCUT2D eigenvalue weighted by molar-refractivity contribution is 0.177. The topological polar surface area (TPSA) is 88.3 Å². The number of carbonyl (C=O) groups excluding carboxylic acids is 1. The summed E-state index contributed by atoms with van der Waals surface area (Å²) in [6, 6.07) is 0. The zero-order valence-corrected chi connectivity index (χ0v) is 4.57. The van der Waals surface area contributed by atoms with E-state index in [-0.39, 0.29) is 0 Å². The number of ether oxygens (including phenoxy) is 1. The van der Waals surface area contributed by atoms with Gasteiger partial charge >= 0.3 is 12.2 Å². The Balaban J connectivity index is 3.71. The molecule has 0 unspecified atom stereocenters. The second-order valence-electron chi connectivity index (χ2n) is 0.953. The van der Waals surface area contributed by atoms with E-state index in [0.29, 0.717) is 0 Å². The third kappa shape index (κ3) is 4.39. The van der Waals surface area contributed by atoms with Crippen molar-refractivity contribution >= 4 is 12.2 Å². The van der Waals surface area contributed by atoms with Gasteiger partial charge in [-0.3, -0.25) is 0 Å². The van der Waals surface area contributed by atoms with E-state index in [2.05, 4.69) is 15.0 Å². The van der Waals surface area contributed by atoms with Gasteiger partial charge in [-0.25, -0.2) is 9.59 Å². The van der Waals surface area contributed by atoms with Crippen LogP contribution in [0.1, 0.15) is 0 Å². The number of rotatable bonds is 0. The molecule has 6 heteroatoms. The van der Waals surface area contributed by atoms with Crippen LogP contribution in [-0.4, -0.2) is 24.4 Å². The summed E-state index contributed by atoms with van der Waals surface area (Å²) >= 11 is 0. The van der Waals surface area contributed by atoms with Gasteiger partial charge in [0.25, 0.3) is 0 Å². The number of carboxylic acid groups (broad SMARTS) is 1. The van der Waals surface area contributed by atoms with Gasteiger partial charge in [0, 0.05) is 0 Å². The average Bonchev–Trinajstić information content (AvgIpc) is 1.83. The molecule has 1 N–H and O–H groups in total. The number of hydrogen-bond donors (Lipinski definition) is 1. The smallest absolute Gasteiger partial charge is 0.452 e. The van der Waals surface area contributed by atoms with Crippen molar-refractivity contribution in [2.45, 2.75) is 0 Å². The highest BCUT2D eigenvalue weighted by molar-refractivity contribution is 5.71. The molecule has 0 saturated carbocycles. The summed E-state index contributed by atoms with van der Waals surface area (Å²) in [6.07, 6.45) is -2.56. The number of carbonyl (C=O) groups is 2. The van der Waals surface area contributed by atoms with E-state index in [1.165, 1.54) is 0 Å². The molecule has 2 amide bonds. The Labute approximate surface area is 50.1 Å². The van der Waals surface area contributed by atoms with Crippen LogP contribution in [0.15, 0.2) is 10.2 Å². The summed E-state index contributed by atoms with van der Waals surface area (Å²) in [4.78, 5) is 19.5. The van der Waals surface area contributed by atoms with Crippen molar-refractivity contribution < 1.29 is 19.4 Å². The van der Waals surface area contributed by atoms with E-state index in [0.717, 1.165) is 7.11 Å². The molecule has 0 aromatic carbocycles. The van der Waals surface area contributed by atoms with Crippen molar-refractivity contribution in [1.29, 1.82) is 0 Å². The first-order chi connectivity index (χ1) is 4.16. The van der Waals surface area contributed by atoms with Gasteiger partial charge in [-0.2, -0.15) is 0 Å². The first-order valence-electron chi connectivity index (χ1n) is 1.89. The molecule has 0 bridgehead atoms. The Morgan fingerprint density at radius 2 is 2.00 bits per heavy atom. The van der Waals surface area contributed by atoms with Crippen LogP contribution in [-0.2, 0) is 4.74 Å². The van der Waals surface area contributed by atoms with Crippen molar-refractivity contribution in [1.82, 2.24) is 0 Å². The van der Waals surface area contributed by atoms with E-state index in [4.69, 9.17) is 5.11 Å². The van der Waals surface area contributed by atoms with Crippen molar-refractivity contribution in [3.8, 4) is 0 Å². The van der Waals surface area contributed by atoms with Gasteiger partial charge in [-0.15, -0.1) is 0 Å². The lowest BCUT2D eigenvalue weighted by atomic mass is 11.2. The molecule has 0 aliphatic heterocycles. The maximum atomic E-state index is 9.97. The molecule has 0 radical (unpaired) electrons. The van der Waals surface area contributed by atoms with Gasteiger partial charge in [0.1, 0.15) is 0 Å². The van der Waals surface area contributed by atoms with Gasteiger partial charge in [0.05, 0.1) is 7.11 Å². The fraction of sp³-hybridized carbons (Fsp3) is 0.333. The van der Waals surface area contributed by atoms with E-state index >= 15 is 0 Å². The van der Waals surface area contributed by atoms with Crippen LogP contribution in [0, 0.1) is 0 Å². The van der Waals surface area contributed by atoms with Gasteiger partial charge in [0.2, 0.25) is 0 Å².